The molecule has 2 saturated heterocycles. The zero-order valence-corrected chi connectivity index (χ0v) is 14.8. The average molecular weight is 362 g/mol. The quantitative estimate of drug-likeness (QED) is 0.851. The van der Waals surface area contributed by atoms with Crippen molar-refractivity contribution in [3.63, 3.8) is 0 Å². The van der Waals surface area contributed by atoms with E-state index < -0.39 is 12.1 Å². The highest BCUT2D eigenvalue weighted by molar-refractivity contribution is 5.93. The summed E-state index contributed by atoms with van der Waals surface area (Å²) < 4.78 is 21.3. The Morgan fingerprint density at radius 1 is 1.27 bits per heavy atom. The zero-order chi connectivity index (χ0) is 18.3. The molecule has 2 aromatic heterocycles. The molecule has 2 aromatic rings. The fourth-order valence-electron chi connectivity index (χ4n) is 3.76. The van der Waals surface area contributed by atoms with E-state index in [4.69, 9.17) is 4.74 Å². The lowest BCUT2D eigenvalue weighted by Crippen LogP contribution is -2.45. The van der Waals surface area contributed by atoms with Crippen LogP contribution in [0.3, 0.4) is 0 Å². The van der Waals surface area contributed by atoms with Crippen molar-refractivity contribution in [2.24, 2.45) is 0 Å². The van der Waals surface area contributed by atoms with Crippen molar-refractivity contribution in [1.82, 2.24) is 19.2 Å². The minimum atomic E-state index is -0.616. The SMILES string of the molecule is Cc1ccc2nc(C(=O)N3CCCN([C@H]4COC[C@@H]4O)CC3)c(F)n2c1. The summed E-state index contributed by atoms with van der Waals surface area (Å²) in [5.41, 5.74) is 1.20. The predicted molar refractivity (Wildman–Crippen MR) is 92.6 cm³/mol. The fraction of sp³-hybridized carbons (Fsp3) is 0.556. The highest BCUT2D eigenvalue weighted by Crippen LogP contribution is 2.18. The van der Waals surface area contributed by atoms with Crippen LogP contribution in [0.5, 0.6) is 0 Å². The van der Waals surface area contributed by atoms with E-state index in [2.05, 4.69) is 9.88 Å². The normalized spacial score (nSPS) is 25.0. The molecule has 0 saturated carbocycles. The van der Waals surface area contributed by atoms with Crippen molar-refractivity contribution in [2.45, 2.75) is 25.5 Å². The molecule has 2 aliphatic heterocycles. The summed E-state index contributed by atoms with van der Waals surface area (Å²) in [4.78, 5) is 20.8. The first-order valence-electron chi connectivity index (χ1n) is 8.98. The van der Waals surface area contributed by atoms with E-state index in [1.807, 2.05) is 13.0 Å². The molecule has 8 heteroatoms. The Hall–Kier alpha value is -2.03. The summed E-state index contributed by atoms with van der Waals surface area (Å²) in [5, 5.41) is 10.0. The Morgan fingerprint density at radius 3 is 2.88 bits per heavy atom. The standard InChI is InChI=1S/C18H23FN4O3/c1-12-3-4-15-20-16(17(19)23(15)9-12)18(25)22-6-2-5-21(7-8-22)13-10-26-11-14(13)24/h3-4,9,13-14,24H,2,5-8,10-11H2,1H3/t13-,14-/m0/s1. The van der Waals surface area contributed by atoms with Crippen LogP contribution < -0.4 is 0 Å². The van der Waals surface area contributed by atoms with Gasteiger partial charge in [-0.1, -0.05) is 6.07 Å². The molecular weight excluding hydrogens is 339 g/mol. The molecule has 2 atom stereocenters. The van der Waals surface area contributed by atoms with Gasteiger partial charge in [-0.2, -0.15) is 4.39 Å². The van der Waals surface area contributed by atoms with Gasteiger partial charge in [0.15, 0.2) is 5.69 Å². The number of aryl methyl sites for hydroxylation is 1. The number of halogens is 1. The van der Waals surface area contributed by atoms with Crippen LogP contribution in [-0.4, -0.2) is 81.7 Å². The first-order chi connectivity index (χ1) is 12.5. The van der Waals surface area contributed by atoms with E-state index in [0.29, 0.717) is 38.5 Å². The van der Waals surface area contributed by atoms with Crippen molar-refractivity contribution in [1.29, 1.82) is 0 Å². The third kappa shape index (κ3) is 3.08. The second-order valence-corrected chi connectivity index (χ2v) is 7.04. The number of aliphatic hydroxyl groups is 1. The lowest BCUT2D eigenvalue weighted by Gasteiger charge is -2.28. The molecule has 140 valence electrons. The Bertz CT molecular complexity index is 824. The number of carbonyl (C=O) groups is 1. The number of nitrogens with zero attached hydrogens (tertiary/aromatic N) is 4. The van der Waals surface area contributed by atoms with Crippen LogP contribution in [0, 0.1) is 12.9 Å². The van der Waals surface area contributed by atoms with Gasteiger partial charge in [0.25, 0.3) is 5.91 Å². The van der Waals surface area contributed by atoms with Gasteiger partial charge >= 0.3 is 0 Å². The Labute approximate surface area is 151 Å². The molecule has 0 spiro atoms. The maximum absolute atomic E-state index is 14.7. The zero-order valence-electron chi connectivity index (χ0n) is 14.8. The van der Waals surface area contributed by atoms with Crippen LogP contribution in [0.4, 0.5) is 4.39 Å². The van der Waals surface area contributed by atoms with E-state index in [1.54, 1.807) is 17.2 Å². The van der Waals surface area contributed by atoms with E-state index in [9.17, 15) is 14.3 Å². The second kappa shape index (κ2) is 6.94. The second-order valence-electron chi connectivity index (χ2n) is 7.04. The van der Waals surface area contributed by atoms with Gasteiger partial charge in [0.2, 0.25) is 5.95 Å². The van der Waals surface area contributed by atoms with Crippen molar-refractivity contribution in [3.05, 3.63) is 35.5 Å². The maximum Gasteiger partial charge on any atom is 0.277 e. The van der Waals surface area contributed by atoms with Crippen LogP contribution in [0.1, 0.15) is 22.5 Å². The van der Waals surface area contributed by atoms with Gasteiger partial charge < -0.3 is 14.7 Å². The molecule has 4 rings (SSSR count). The molecule has 0 radical (unpaired) electrons. The molecule has 0 unspecified atom stereocenters. The third-order valence-corrected chi connectivity index (χ3v) is 5.22. The van der Waals surface area contributed by atoms with Crippen molar-refractivity contribution < 1.29 is 19.0 Å². The Kier molecular flexibility index (Phi) is 4.64. The van der Waals surface area contributed by atoms with Gasteiger partial charge in [0.1, 0.15) is 5.65 Å². The van der Waals surface area contributed by atoms with E-state index in [0.717, 1.165) is 18.5 Å². The van der Waals surface area contributed by atoms with Crippen LogP contribution >= 0.6 is 0 Å². The first kappa shape index (κ1) is 17.4. The molecule has 4 heterocycles. The van der Waals surface area contributed by atoms with Crippen LogP contribution in [0.15, 0.2) is 18.3 Å². The molecule has 1 N–H and O–H groups in total. The van der Waals surface area contributed by atoms with E-state index >= 15 is 0 Å². The smallest absolute Gasteiger partial charge is 0.277 e. The summed E-state index contributed by atoms with van der Waals surface area (Å²) in [6.45, 7) is 5.17. The van der Waals surface area contributed by atoms with E-state index in [1.165, 1.54) is 4.40 Å². The number of fused-ring (bicyclic) bond motifs is 1. The van der Waals surface area contributed by atoms with Gasteiger partial charge in [-0.15, -0.1) is 0 Å². The highest BCUT2D eigenvalue weighted by Gasteiger charge is 2.34. The molecular formula is C18H23FN4O3. The lowest BCUT2D eigenvalue weighted by atomic mass is 10.2. The monoisotopic (exact) mass is 362 g/mol. The number of imidazole rings is 1. The first-order valence-corrected chi connectivity index (χ1v) is 8.98. The number of hydrogen-bond donors (Lipinski definition) is 1. The molecule has 26 heavy (non-hydrogen) atoms. The highest BCUT2D eigenvalue weighted by atomic mass is 19.1. The molecule has 7 nitrogen and oxygen atoms in total. The number of pyridine rings is 1. The Balaban J connectivity index is 1.51. The lowest BCUT2D eigenvalue weighted by molar-refractivity contribution is 0.0716. The van der Waals surface area contributed by atoms with Crippen molar-refractivity contribution in [3.8, 4) is 0 Å². The van der Waals surface area contributed by atoms with Crippen LogP contribution in [-0.2, 0) is 4.74 Å². The molecule has 0 aliphatic carbocycles. The minimum Gasteiger partial charge on any atom is -0.389 e. The molecule has 1 amide bonds. The Morgan fingerprint density at radius 2 is 2.12 bits per heavy atom. The van der Waals surface area contributed by atoms with Crippen LogP contribution in [0.2, 0.25) is 0 Å². The number of amides is 1. The largest absolute Gasteiger partial charge is 0.389 e. The number of aromatic nitrogens is 2. The minimum absolute atomic E-state index is 0.0278. The average Bonchev–Trinajstić information content (AvgIpc) is 3.09. The number of hydrogen-bond acceptors (Lipinski definition) is 5. The summed E-state index contributed by atoms with van der Waals surface area (Å²) in [6, 6.07) is 3.52. The van der Waals surface area contributed by atoms with Gasteiger partial charge in [-0.25, -0.2) is 4.98 Å². The van der Waals surface area contributed by atoms with Crippen molar-refractivity contribution >= 4 is 11.6 Å². The number of rotatable bonds is 2. The molecule has 0 bridgehead atoms. The number of aliphatic hydroxyl groups excluding tert-OH is 1. The maximum atomic E-state index is 14.7. The molecule has 2 fully saturated rings. The summed E-state index contributed by atoms with van der Waals surface area (Å²) >= 11 is 0. The van der Waals surface area contributed by atoms with Gasteiger partial charge in [-0.3, -0.25) is 14.1 Å². The fourth-order valence-corrected chi connectivity index (χ4v) is 3.76. The van der Waals surface area contributed by atoms with Gasteiger partial charge in [0, 0.05) is 32.4 Å². The van der Waals surface area contributed by atoms with Gasteiger partial charge in [0.05, 0.1) is 25.4 Å². The topological polar surface area (TPSA) is 70.3 Å². The number of carbonyl (C=O) groups excluding carboxylic acids is 1. The third-order valence-electron chi connectivity index (χ3n) is 5.22. The summed E-state index contributed by atoms with van der Waals surface area (Å²) in [6.07, 6.45) is 1.92. The summed E-state index contributed by atoms with van der Waals surface area (Å²) in [7, 11) is 0. The number of ether oxygens (including phenoxy) is 1. The molecule has 0 aromatic carbocycles. The summed E-state index contributed by atoms with van der Waals surface area (Å²) in [5.74, 6) is -0.997. The predicted octanol–water partition coefficient (Wildman–Crippen LogP) is 0.689. The van der Waals surface area contributed by atoms with E-state index in [-0.39, 0.29) is 17.6 Å². The van der Waals surface area contributed by atoms with Gasteiger partial charge in [-0.05, 0) is 25.0 Å². The van der Waals surface area contributed by atoms with Crippen LogP contribution in [0.25, 0.3) is 5.65 Å². The molecule has 2 aliphatic rings. The van der Waals surface area contributed by atoms with Crippen molar-refractivity contribution in [2.75, 3.05) is 39.4 Å².